The molecule has 0 saturated carbocycles. The van der Waals surface area contributed by atoms with Crippen molar-refractivity contribution in [1.29, 1.82) is 0 Å². The van der Waals surface area contributed by atoms with E-state index in [4.69, 9.17) is 9.47 Å². The third kappa shape index (κ3) is 2.59. The fourth-order valence-electron chi connectivity index (χ4n) is 3.77. The molecule has 3 aliphatic rings. The van der Waals surface area contributed by atoms with Crippen molar-refractivity contribution in [3.63, 3.8) is 0 Å². The lowest BCUT2D eigenvalue weighted by molar-refractivity contribution is -0.116. The minimum absolute atomic E-state index is 0.415. The van der Waals surface area contributed by atoms with Gasteiger partial charge in [0.25, 0.3) is 5.79 Å². The molecule has 2 atom stereocenters. The van der Waals surface area contributed by atoms with Gasteiger partial charge in [-0.2, -0.15) is 0 Å². The molecule has 2 fully saturated rings. The summed E-state index contributed by atoms with van der Waals surface area (Å²) in [6, 6.07) is 6.94. The fourth-order valence-corrected chi connectivity index (χ4v) is 3.77. The molecule has 1 N–H and O–H groups in total. The van der Waals surface area contributed by atoms with Gasteiger partial charge in [-0.25, -0.2) is 0 Å². The van der Waals surface area contributed by atoms with Crippen LogP contribution in [-0.4, -0.2) is 37.4 Å². The Morgan fingerprint density at radius 3 is 2.64 bits per heavy atom. The minimum atomic E-state index is -0.415. The van der Waals surface area contributed by atoms with Gasteiger partial charge in [-0.3, -0.25) is 0 Å². The normalized spacial score (nSPS) is 30.6. The first-order chi connectivity index (χ1) is 10.6. The van der Waals surface area contributed by atoms with E-state index in [2.05, 4.69) is 42.4 Å². The van der Waals surface area contributed by atoms with Gasteiger partial charge in [0.15, 0.2) is 11.5 Å². The molecule has 0 amide bonds. The average molecular weight is 302 g/mol. The van der Waals surface area contributed by atoms with E-state index < -0.39 is 5.79 Å². The molecule has 4 heteroatoms. The van der Waals surface area contributed by atoms with Crippen molar-refractivity contribution in [2.75, 3.05) is 26.7 Å². The molecule has 1 aromatic carbocycles. The summed E-state index contributed by atoms with van der Waals surface area (Å²) in [5.74, 6) is 2.22. The van der Waals surface area contributed by atoms with Crippen LogP contribution in [0.25, 0.3) is 0 Å². The van der Waals surface area contributed by atoms with Crippen LogP contribution >= 0.6 is 0 Å². The van der Waals surface area contributed by atoms with E-state index in [1.165, 1.54) is 18.4 Å². The molecule has 3 heterocycles. The highest BCUT2D eigenvalue weighted by Crippen LogP contribution is 2.45. The number of hydrogen-bond donors (Lipinski definition) is 1. The summed E-state index contributed by atoms with van der Waals surface area (Å²) >= 11 is 0. The van der Waals surface area contributed by atoms with Gasteiger partial charge in [-0.15, -0.1) is 0 Å². The van der Waals surface area contributed by atoms with Crippen molar-refractivity contribution in [1.82, 2.24) is 10.2 Å². The maximum absolute atomic E-state index is 6.26. The molecular weight excluding hydrogens is 276 g/mol. The van der Waals surface area contributed by atoms with Crippen molar-refractivity contribution in [3.05, 3.63) is 23.8 Å². The zero-order chi connectivity index (χ0) is 15.2. The van der Waals surface area contributed by atoms with Crippen LogP contribution in [0.1, 0.15) is 44.2 Å². The molecule has 1 spiro atoms. The Hall–Kier alpha value is -1.26. The van der Waals surface area contributed by atoms with Gasteiger partial charge in [-0.05, 0) is 50.0 Å². The smallest absolute Gasteiger partial charge is 0.254 e. The highest BCUT2D eigenvalue weighted by Gasteiger charge is 2.43. The zero-order valence-corrected chi connectivity index (χ0v) is 13.6. The number of ether oxygens (including phenoxy) is 2. The summed E-state index contributed by atoms with van der Waals surface area (Å²) in [6.07, 6.45) is 4.37. The first kappa shape index (κ1) is 14.3. The van der Waals surface area contributed by atoms with E-state index >= 15 is 0 Å². The number of nitrogens with zero attached hydrogens (tertiary/aromatic N) is 1. The number of benzene rings is 1. The maximum Gasteiger partial charge on any atom is 0.254 e. The van der Waals surface area contributed by atoms with Crippen LogP contribution in [0.15, 0.2) is 18.2 Å². The molecule has 0 unspecified atom stereocenters. The highest BCUT2D eigenvalue weighted by molar-refractivity contribution is 5.47. The number of nitrogens with one attached hydrogen (secondary N) is 1. The van der Waals surface area contributed by atoms with Crippen molar-refractivity contribution < 1.29 is 9.47 Å². The molecule has 0 bridgehead atoms. The average Bonchev–Trinajstić information content (AvgIpc) is 2.88. The second-order valence-corrected chi connectivity index (χ2v) is 7.27. The molecule has 1 aromatic rings. The third-order valence-corrected chi connectivity index (χ3v) is 5.37. The van der Waals surface area contributed by atoms with E-state index in [1.54, 1.807) is 0 Å². The van der Waals surface area contributed by atoms with Gasteiger partial charge in [-0.1, -0.05) is 13.0 Å². The largest absolute Gasteiger partial charge is 0.448 e. The molecular formula is C18H26N2O2. The van der Waals surface area contributed by atoms with E-state index in [0.717, 1.165) is 49.9 Å². The van der Waals surface area contributed by atoms with Gasteiger partial charge in [0.05, 0.1) is 0 Å². The molecule has 0 aliphatic carbocycles. The lowest BCUT2D eigenvalue weighted by Gasteiger charge is -2.35. The summed E-state index contributed by atoms with van der Waals surface area (Å²) in [5, 5.41) is 3.65. The molecule has 3 aliphatic heterocycles. The van der Waals surface area contributed by atoms with Gasteiger partial charge >= 0.3 is 0 Å². The number of fused-ring (bicyclic) bond motifs is 1. The number of piperidine rings is 2. The van der Waals surface area contributed by atoms with Crippen LogP contribution < -0.4 is 14.8 Å². The highest BCUT2D eigenvalue weighted by atomic mass is 16.7. The molecule has 2 saturated heterocycles. The Morgan fingerprint density at radius 1 is 1.14 bits per heavy atom. The topological polar surface area (TPSA) is 33.7 Å². The first-order valence-corrected chi connectivity index (χ1v) is 8.57. The monoisotopic (exact) mass is 302 g/mol. The SMILES string of the molecule is C[C@H]1CC[C@H](c2ccc3c(c2)OC2(CCN(C)CC2)O3)NC1. The number of hydrogen-bond acceptors (Lipinski definition) is 4. The Morgan fingerprint density at radius 2 is 1.91 bits per heavy atom. The van der Waals surface area contributed by atoms with Gasteiger partial charge in [0, 0.05) is 32.0 Å². The Bertz CT molecular complexity index is 544. The summed E-state index contributed by atoms with van der Waals surface area (Å²) < 4.78 is 12.4. The van der Waals surface area contributed by atoms with E-state index in [0.29, 0.717) is 6.04 Å². The van der Waals surface area contributed by atoms with Crippen molar-refractivity contribution in [2.45, 2.75) is 44.4 Å². The van der Waals surface area contributed by atoms with Crippen LogP contribution in [0.2, 0.25) is 0 Å². The molecule has 4 nitrogen and oxygen atoms in total. The standard InChI is InChI=1S/C18H26N2O2/c1-13-3-5-15(19-12-13)14-4-6-16-17(11-14)22-18(21-16)7-9-20(2)10-8-18/h4,6,11,13,15,19H,3,5,7-10,12H2,1-2H3/t13-,15+/m0/s1. The predicted molar refractivity (Wildman–Crippen MR) is 86.3 cm³/mol. The van der Waals surface area contributed by atoms with Crippen LogP contribution in [0.3, 0.4) is 0 Å². The molecule has 4 rings (SSSR count). The van der Waals surface area contributed by atoms with E-state index in [-0.39, 0.29) is 0 Å². The Balaban J connectivity index is 1.50. The van der Waals surface area contributed by atoms with Gasteiger partial charge in [0.2, 0.25) is 0 Å². The fraction of sp³-hybridized carbons (Fsp3) is 0.667. The number of likely N-dealkylation sites (tertiary alicyclic amines) is 1. The van der Waals surface area contributed by atoms with Gasteiger partial charge < -0.3 is 19.7 Å². The molecule has 120 valence electrons. The van der Waals surface area contributed by atoms with Crippen LogP contribution in [0, 0.1) is 5.92 Å². The maximum atomic E-state index is 6.26. The molecule has 0 aromatic heterocycles. The van der Waals surface area contributed by atoms with Crippen molar-refractivity contribution in [2.24, 2.45) is 5.92 Å². The second kappa shape index (κ2) is 5.43. The molecule has 0 radical (unpaired) electrons. The third-order valence-electron chi connectivity index (χ3n) is 5.37. The minimum Gasteiger partial charge on any atom is -0.448 e. The Kier molecular flexibility index (Phi) is 3.54. The second-order valence-electron chi connectivity index (χ2n) is 7.27. The van der Waals surface area contributed by atoms with Gasteiger partial charge in [0.1, 0.15) is 0 Å². The van der Waals surface area contributed by atoms with Crippen LogP contribution in [0.4, 0.5) is 0 Å². The van der Waals surface area contributed by atoms with E-state index in [9.17, 15) is 0 Å². The summed E-state index contributed by atoms with van der Waals surface area (Å²) in [4.78, 5) is 2.33. The first-order valence-electron chi connectivity index (χ1n) is 8.57. The number of rotatable bonds is 1. The van der Waals surface area contributed by atoms with Crippen molar-refractivity contribution in [3.8, 4) is 11.5 Å². The summed E-state index contributed by atoms with van der Waals surface area (Å²) in [5.41, 5.74) is 1.33. The Labute approximate surface area is 132 Å². The lowest BCUT2D eigenvalue weighted by Crippen LogP contribution is -2.48. The van der Waals surface area contributed by atoms with Crippen LogP contribution in [0.5, 0.6) is 11.5 Å². The molecule has 22 heavy (non-hydrogen) atoms. The quantitative estimate of drug-likeness (QED) is 0.865. The van der Waals surface area contributed by atoms with Crippen molar-refractivity contribution >= 4 is 0 Å². The van der Waals surface area contributed by atoms with Crippen LogP contribution in [-0.2, 0) is 0 Å². The summed E-state index contributed by atoms with van der Waals surface area (Å²) in [6.45, 7) is 5.48. The van der Waals surface area contributed by atoms with E-state index in [1.807, 2.05) is 0 Å². The predicted octanol–water partition coefficient (Wildman–Crippen LogP) is 2.94. The summed E-state index contributed by atoms with van der Waals surface area (Å²) in [7, 11) is 2.16. The zero-order valence-electron chi connectivity index (χ0n) is 13.6. The lowest BCUT2D eigenvalue weighted by atomic mass is 9.92.